The van der Waals surface area contributed by atoms with Crippen LogP contribution < -0.4 is 5.32 Å². The third-order valence-electron chi connectivity index (χ3n) is 2.94. The third kappa shape index (κ3) is 3.20. The SMILES string of the molecule is Cc1noc(-c2sccc2NC(=O)Cc2ccc(F)cc2)n1. The van der Waals surface area contributed by atoms with Crippen molar-refractivity contribution in [1.82, 2.24) is 10.1 Å². The topological polar surface area (TPSA) is 68.0 Å². The molecule has 0 fully saturated rings. The van der Waals surface area contributed by atoms with E-state index in [9.17, 15) is 9.18 Å². The maximum Gasteiger partial charge on any atom is 0.270 e. The predicted octanol–water partition coefficient (Wildman–Crippen LogP) is 3.43. The van der Waals surface area contributed by atoms with E-state index in [4.69, 9.17) is 4.52 Å². The van der Waals surface area contributed by atoms with E-state index in [0.29, 0.717) is 22.3 Å². The van der Waals surface area contributed by atoms with Crippen molar-refractivity contribution in [3.8, 4) is 10.8 Å². The van der Waals surface area contributed by atoms with Crippen LogP contribution in [0.5, 0.6) is 0 Å². The molecule has 1 aromatic carbocycles. The minimum absolute atomic E-state index is 0.165. The highest BCUT2D eigenvalue weighted by molar-refractivity contribution is 7.14. The number of aryl methyl sites for hydroxylation is 1. The molecule has 1 N–H and O–H groups in total. The van der Waals surface area contributed by atoms with E-state index in [-0.39, 0.29) is 18.1 Å². The zero-order valence-electron chi connectivity index (χ0n) is 11.7. The van der Waals surface area contributed by atoms with Gasteiger partial charge in [0.15, 0.2) is 5.82 Å². The third-order valence-corrected chi connectivity index (χ3v) is 3.84. The number of amides is 1. The first-order valence-corrected chi connectivity index (χ1v) is 7.42. The molecular formula is C15H12FN3O2S. The van der Waals surface area contributed by atoms with Crippen molar-refractivity contribution < 1.29 is 13.7 Å². The Labute approximate surface area is 129 Å². The summed E-state index contributed by atoms with van der Waals surface area (Å²) in [6.45, 7) is 1.73. The van der Waals surface area contributed by atoms with E-state index in [1.807, 2.05) is 5.38 Å². The van der Waals surface area contributed by atoms with Crippen LogP contribution in [0.2, 0.25) is 0 Å². The van der Waals surface area contributed by atoms with Crippen molar-refractivity contribution in [2.24, 2.45) is 0 Å². The molecule has 0 bridgehead atoms. The predicted molar refractivity (Wildman–Crippen MR) is 81.1 cm³/mol. The molecule has 0 aliphatic carbocycles. The van der Waals surface area contributed by atoms with Crippen LogP contribution >= 0.6 is 11.3 Å². The summed E-state index contributed by atoms with van der Waals surface area (Å²) in [6, 6.07) is 7.62. The summed E-state index contributed by atoms with van der Waals surface area (Å²) in [4.78, 5) is 17.0. The molecule has 0 saturated carbocycles. The molecule has 112 valence electrons. The summed E-state index contributed by atoms with van der Waals surface area (Å²) in [5.74, 6) is 0.398. The number of carbonyl (C=O) groups excluding carboxylic acids is 1. The van der Waals surface area contributed by atoms with Gasteiger partial charge in [-0.3, -0.25) is 4.79 Å². The van der Waals surface area contributed by atoms with E-state index in [2.05, 4.69) is 15.5 Å². The van der Waals surface area contributed by atoms with E-state index >= 15 is 0 Å². The van der Waals surface area contributed by atoms with Gasteiger partial charge in [0, 0.05) is 0 Å². The lowest BCUT2D eigenvalue weighted by Crippen LogP contribution is -2.14. The highest BCUT2D eigenvalue weighted by Crippen LogP contribution is 2.32. The van der Waals surface area contributed by atoms with Gasteiger partial charge in [0.2, 0.25) is 5.91 Å². The van der Waals surface area contributed by atoms with Crippen molar-refractivity contribution in [2.45, 2.75) is 13.3 Å². The Hall–Kier alpha value is -2.54. The number of halogens is 1. The molecule has 0 aliphatic rings. The normalized spacial score (nSPS) is 10.6. The molecule has 2 heterocycles. The molecule has 7 heteroatoms. The van der Waals surface area contributed by atoms with Crippen molar-refractivity contribution >= 4 is 22.9 Å². The van der Waals surface area contributed by atoms with Gasteiger partial charge >= 0.3 is 0 Å². The number of benzene rings is 1. The second-order valence-electron chi connectivity index (χ2n) is 4.66. The maximum atomic E-state index is 12.8. The number of nitrogens with zero attached hydrogens (tertiary/aromatic N) is 2. The molecule has 5 nitrogen and oxygen atoms in total. The summed E-state index contributed by atoms with van der Waals surface area (Å²) < 4.78 is 18.0. The quantitative estimate of drug-likeness (QED) is 0.800. The Bertz CT molecular complexity index is 795. The van der Waals surface area contributed by atoms with Crippen LogP contribution in [0.4, 0.5) is 10.1 Å². The number of anilines is 1. The lowest BCUT2D eigenvalue weighted by Gasteiger charge is -2.05. The van der Waals surface area contributed by atoms with Crippen molar-refractivity contribution in [2.75, 3.05) is 5.32 Å². The van der Waals surface area contributed by atoms with E-state index in [1.54, 1.807) is 25.1 Å². The van der Waals surface area contributed by atoms with Crippen molar-refractivity contribution in [3.05, 3.63) is 52.9 Å². The van der Waals surface area contributed by atoms with Crippen molar-refractivity contribution in [1.29, 1.82) is 0 Å². The van der Waals surface area contributed by atoms with Crippen LogP contribution in [-0.4, -0.2) is 16.0 Å². The number of nitrogens with one attached hydrogen (secondary N) is 1. The van der Waals surface area contributed by atoms with Gasteiger partial charge in [-0.05, 0) is 36.1 Å². The molecule has 2 aromatic heterocycles. The van der Waals surface area contributed by atoms with Crippen LogP contribution in [0.15, 0.2) is 40.2 Å². The Morgan fingerprint density at radius 2 is 2.09 bits per heavy atom. The molecule has 0 unspecified atom stereocenters. The monoisotopic (exact) mass is 317 g/mol. The number of thiophene rings is 1. The molecule has 3 aromatic rings. The number of carbonyl (C=O) groups is 1. The van der Waals surface area contributed by atoms with E-state index in [1.165, 1.54) is 23.5 Å². The van der Waals surface area contributed by atoms with Crippen LogP contribution in [-0.2, 0) is 11.2 Å². The summed E-state index contributed by atoms with van der Waals surface area (Å²) in [6.07, 6.45) is 0.165. The van der Waals surface area contributed by atoms with Gasteiger partial charge in [-0.25, -0.2) is 4.39 Å². The molecule has 22 heavy (non-hydrogen) atoms. The van der Waals surface area contributed by atoms with E-state index in [0.717, 1.165) is 5.56 Å². The van der Waals surface area contributed by atoms with Gasteiger partial charge in [0.05, 0.1) is 12.1 Å². The summed E-state index contributed by atoms with van der Waals surface area (Å²) in [5, 5.41) is 8.39. The van der Waals surface area contributed by atoms with Gasteiger partial charge in [-0.15, -0.1) is 11.3 Å². The molecule has 0 radical (unpaired) electrons. The largest absolute Gasteiger partial charge is 0.333 e. The molecule has 1 amide bonds. The first-order valence-electron chi connectivity index (χ1n) is 6.54. The minimum atomic E-state index is -0.323. The number of aromatic nitrogens is 2. The highest BCUT2D eigenvalue weighted by atomic mass is 32.1. The fourth-order valence-corrected chi connectivity index (χ4v) is 2.71. The second kappa shape index (κ2) is 6.07. The van der Waals surface area contributed by atoms with Crippen LogP contribution in [0, 0.1) is 12.7 Å². The molecule has 3 rings (SSSR count). The van der Waals surface area contributed by atoms with Gasteiger partial charge in [-0.1, -0.05) is 17.3 Å². The number of rotatable bonds is 4. The van der Waals surface area contributed by atoms with Gasteiger partial charge in [-0.2, -0.15) is 4.98 Å². The summed E-state index contributed by atoms with van der Waals surface area (Å²) in [7, 11) is 0. The summed E-state index contributed by atoms with van der Waals surface area (Å²) >= 11 is 1.41. The van der Waals surface area contributed by atoms with Gasteiger partial charge < -0.3 is 9.84 Å². The minimum Gasteiger partial charge on any atom is -0.333 e. The average molecular weight is 317 g/mol. The van der Waals surface area contributed by atoms with Crippen molar-refractivity contribution in [3.63, 3.8) is 0 Å². The lowest BCUT2D eigenvalue weighted by molar-refractivity contribution is -0.115. The Morgan fingerprint density at radius 1 is 1.32 bits per heavy atom. The molecule has 0 spiro atoms. The molecule has 0 saturated heterocycles. The zero-order valence-corrected chi connectivity index (χ0v) is 12.5. The smallest absolute Gasteiger partial charge is 0.270 e. The van der Waals surface area contributed by atoms with Gasteiger partial charge in [0.25, 0.3) is 5.89 Å². The second-order valence-corrected chi connectivity index (χ2v) is 5.58. The maximum absolute atomic E-state index is 12.8. The zero-order chi connectivity index (χ0) is 15.5. The Kier molecular flexibility index (Phi) is 3.97. The summed E-state index contributed by atoms with van der Waals surface area (Å²) in [5.41, 5.74) is 1.37. The first-order chi connectivity index (χ1) is 10.6. The first kappa shape index (κ1) is 14.4. The number of hydrogen-bond acceptors (Lipinski definition) is 5. The van der Waals surface area contributed by atoms with E-state index < -0.39 is 0 Å². The average Bonchev–Trinajstić information content (AvgIpc) is 3.10. The molecule has 0 aliphatic heterocycles. The molecule has 0 atom stereocenters. The fraction of sp³-hybridized carbons (Fsp3) is 0.133. The standard InChI is InChI=1S/C15H12FN3O2S/c1-9-17-15(21-19-9)14-12(6-7-22-14)18-13(20)8-10-2-4-11(16)5-3-10/h2-7H,8H2,1H3,(H,18,20). The molecular weight excluding hydrogens is 305 g/mol. The number of hydrogen-bond donors (Lipinski definition) is 1. The fourth-order valence-electron chi connectivity index (χ4n) is 1.94. The highest BCUT2D eigenvalue weighted by Gasteiger charge is 2.15. The Morgan fingerprint density at radius 3 is 2.77 bits per heavy atom. The van der Waals surface area contributed by atoms with Crippen LogP contribution in [0.1, 0.15) is 11.4 Å². The van der Waals surface area contributed by atoms with Gasteiger partial charge in [0.1, 0.15) is 10.7 Å². The Balaban J connectivity index is 1.72. The lowest BCUT2D eigenvalue weighted by atomic mass is 10.1. The van der Waals surface area contributed by atoms with Crippen LogP contribution in [0.3, 0.4) is 0 Å². The van der Waals surface area contributed by atoms with Crippen LogP contribution in [0.25, 0.3) is 10.8 Å².